The van der Waals surface area contributed by atoms with E-state index in [0.717, 1.165) is 0 Å². The molecule has 0 saturated carbocycles. The van der Waals surface area contributed by atoms with E-state index in [1.165, 1.54) is 37.4 Å². The Morgan fingerprint density at radius 2 is 2.04 bits per heavy atom. The first-order valence-corrected chi connectivity index (χ1v) is 7.18. The molecule has 0 heterocycles. The van der Waals surface area contributed by atoms with Crippen LogP contribution in [-0.4, -0.2) is 17.1 Å². The monoisotopic (exact) mass is 374 g/mol. The lowest BCUT2D eigenvalue weighted by Crippen LogP contribution is -1.89. The van der Waals surface area contributed by atoms with Gasteiger partial charge in [0, 0.05) is 16.6 Å². The van der Waals surface area contributed by atoms with E-state index in [1.807, 2.05) is 6.07 Å². The SMILES string of the molecule is COc1cc(Br)c(/C=C(\C#N)c2ccc([N+](=O)[O-])cc2)cc1O. The maximum Gasteiger partial charge on any atom is 0.269 e. The summed E-state index contributed by atoms with van der Waals surface area (Å²) in [5.74, 6) is 0.255. The van der Waals surface area contributed by atoms with Gasteiger partial charge >= 0.3 is 0 Å². The molecule has 0 aromatic heterocycles. The molecule has 6 nitrogen and oxygen atoms in total. The second kappa shape index (κ2) is 6.94. The first kappa shape index (κ1) is 16.5. The molecule has 0 aliphatic carbocycles. The standard InChI is InChI=1S/C16H11BrN2O4/c1-23-16-8-14(17)11(7-15(16)20)6-12(9-18)10-2-4-13(5-3-10)19(21)22/h2-8,20H,1H3/b12-6+. The fourth-order valence-electron chi connectivity index (χ4n) is 1.93. The van der Waals surface area contributed by atoms with Gasteiger partial charge in [-0.15, -0.1) is 0 Å². The van der Waals surface area contributed by atoms with Crippen LogP contribution in [0.1, 0.15) is 11.1 Å². The Balaban J connectivity index is 2.45. The van der Waals surface area contributed by atoms with Crippen molar-refractivity contribution in [2.45, 2.75) is 0 Å². The van der Waals surface area contributed by atoms with Crippen LogP contribution in [0.4, 0.5) is 5.69 Å². The van der Waals surface area contributed by atoms with E-state index in [0.29, 0.717) is 26.9 Å². The number of methoxy groups -OCH3 is 1. The zero-order valence-corrected chi connectivity index (χ0v) is 13.6. The van der Waals surface area contributed by atoms with Crippen molar-refractivity contribution in [3.63, 3.8) is 0 Å². The fraction of sp³-hybridized carbons (Fsp3) is 0.0625. The minimum Gasteiger partial charge on any atom is -0.504 e. The van der Waals surface area contributed by atoms with E-state index >= 15 is 0 Å². The highest BCUT2D eigenvalue weighted by Gasteiger charge is 2.10. The summed E-state index contributed by atoms with van der Waals surface area (Å²) in [5, 5.41) is 29.8. The van der Waals surface area contributed by atoms with Gasteiger partial charge in [0.15, 0.2) is 11.5 Å². The second-order valence-corrected chi connectivity index (χ2v) is 5.37. The lowest BCUT2D eigenvalue weighted by atomic mass is 10.0. The molecule has 7 heteroatoms. The summed E-state index contributed by atoms with van der Waals surface area (Å²) in [5.41, 5.74) is 1.39. The molecule has 23 heavy (non-hydrogen) atoms. The van der Waals surface area contributed by atoms with Crippen LogP contribution in [-0.2, 0) is 0 Å². The molecule has 0 bridgehead atoms. The molecule has 0 amide bonds. The first-order chi connectivity index (χ1) is 11.0. The second-order valence-electron chi connectivity index (χ2n) is 4.52. The van der Waals surface area contributed by atoms with Gasteiger partial charge in [-0.3, -0.25) is 10.1 Å². The number of hydrogen-bond donors (Lipinski definition) is 1. The van der Waals surface area contributed by atoms with Gasteiger partial charge in [0.2, 0.25) is 0 Å². The predicted octanol–water partition coefficient (Wildman–Crippen LogP) is 4.14. The predicted molar refractivity (Wildman–Crippen MR) is 88.9 cm³/mol. The zero-order chi connectivity index (χ0) is 17.0. The number of aromatic hydroxyl groups is 1. The van der Waals surface area contributed by atoms with Crippen LogP contribution in [0.15, 0.2) is 40.9 Å². The molecule has 0 saturated heterocycles. The zero-order valence-electron chi connectivity index (χ0n) is 12.0. The summed E-state index contributed by atoms with van der Waals surface area (Å²) in [4.78, 5) is 10.2. The van der Waals surface area contributed by atoms with Gasteiger partial charge in [-0.2, -0.15) is 5.26 Å². The molecule has 2 rings (SSSR count). The van der Waals surface area contributed by atoms with Crippen molar-refractivity contribution in [2.75, 3.05) is 7.11 Å². The molecule has 0 unspecified atom stereocenters. The van der Waals surface area contributed by atoms with Crippen molar-refractivity contribution in [1.29, 1.82) is 5.26 Å². The van der Waals surface area contributed by atoms with E-state index in [2.05, 4.69) is 15.9 Å². The Hall–Kier alpha value is -2.85. The van der Waals surface area contributed by atoms with Crippen molar-refractivity contribution in [3.05, 3.63) is 62.1 Å². The number of nitrogens with zero attached hydrogens (tertiary/aromatic N) is 2. The third-order valence-corrected chi connectivity index (χ3v) is 3.79. The van der Waals surface area contributed by atoms with E-state index in [4.69, 9.17) is 4.74 Å². The molecule has 0 spiro atoms. The Labute approximate surface area is 140 Å². The minimum absolute atomic E-state index is 0.0469. The molecule has 0 atom stereocenters. The largest absolute Gasteiger partial charge is 0.504 e. The maximum absolute atomic E-state index is 10.7. The molecule has 116 valence electrons. The van der Waals surface area contributed by atoms with Crippen LogP contribution in [0, 0.1) is 21.4 Å². The molecule has 0 aliphatic rings. The number of non-ortho nitro benzene ring substituents is 1. The Bertz CT molecular complexity index is 823. The Kier molecular flexibility index (Phi) is 4.98. The average Bonchev–Trinajstić information content (AvgIpc) is 2.55. The Morgan fingerprint density at radius 1 is 1.39 bits per heavy atom. The third kappa shape index (κ3) is 3.67. The molecule has 0 aliphatic heterocycles. The quantitative estimate of drug-likeness (QED) is 0.375. The number of nitro benzene ring substituents is 1. The number of rotatable bonds is 4. The van der Waals surface area contributed by atoms with Crippen LogP contribution in [0.3, 0.4) is 0 Å². The van der Waals surface area contributed by atoms with E-state index in [1.54, 1.807) is 12.1 Å². The van der Waals surface area contributed by atoms with Crippen LogP contribution in [0.5, 0.6) is 11.5 Å². The number of phenolic OH excluding ortho intramolecular Hbond substituents is 1. The lowest BCUT2D eigenvalue weighted by molar-refractivity contribution is -0.384. The third-order valence-electron chi connectivity index (χ3n) is 3.11. The summed E-state index contributed by atoms with van der Waals surface area (Å²) in [6, 6.07) is 10.8. The lowest BCUT2D eigenvalue weighted by Gasteiger charge is -2.07. The van der Waals surface area contributed by atoms with Gasteiger partial charge < -0.3 is 9.84 Å². The van der Waals surface area contributed by atoms with Crippen molar-refractivity contribution >= 4 is 33.3 Å². The molecule has 0 radical (unpaired) electrons. The maximum atomic E-state index is 10.7. The molecular formula is C16H11BrN2O4. The number of nitro groups is 1. The number of nitriles is 1. The highest BCUT2D eigenvalue weighted by molar-refractivity contribution is 9.10. The number of phenols is 1. The number of allylic oxidation sites excluding steroid dienone is 1. The molecule has 0 fully saturated rings. The highest BCUT2D eigenvalue weighted by atomic mass is 79.9. The van der Waals surface area contributed by atoms with Crippen molar-refractivity contribution in [2.24, 2.45) is 0 Å². The number of halogens is 1. The first-order valence-electron chi connectivity index (χ1n) is 6.39. The molecule has 1 N–H and O–H groups in total. The Morgan fingerprint density at radius 3 is 2.57 bits per heavy atom. The van der Waals surface area contributed by atoms with Gasteiger partial charge in [0.1, 0.15) is 0 Å². The minimum atomic E-state index is -0.502. The summed E-state index contributed by atoms with van der Waals surface area (Å²) in [6.45, 7) is 0. The van der Waals surface area contributed by atoms with Gasteiger partial charge in [0.25, 0.3) is 5.69 Å². The van der Waals surface area contributed by atoms with Gasteiger partial charge in [-0.05, 0) is 41.5 Å². The number of ether oxygens (including phenoxy) is 1. The van der Waals surface area contributed by atoms with Crippen molar-refractivity contribution < 1.29 is 14.8 Å². The highest BCUT2D eigenvalue weighted by Crippen LogP contribution is 2.34. The number of benzene rings is 2. The average molecular weight is 375 g/mol. The summed E-state index contributed by atoms with van der Waals surface area (Å²) in [7, 11) is 1.44. The molecular weight excluding hydrogens is 364 g/mol. The van der Waals surface area contributed by atoms with Crippen molar-refractivity contribution in [1.82, 2.24) is 0 Å². The van der Waals surface area contributed by atoms with E-state index < -0.39 is 4.92 Å². The van der Waals surface area contributed by atoms with Crippen molar-refractivity contribution in [3.8, 4) is 17.6 Å². The fourth-order valence-corrected chi connectivity index (χ4v) is 2.37. The normalized spacial score (nSPS) is 10.9. The number of hydrogen-bond acceptors (Lipinski definition) is 5. The summed E-state index contributed by atoms with van der Waals surface area (Å²) in [6.07, 6.45) is 1.57. The van der Waals surface area contributed by atoms with Gasteiger partial charge in [-0.25, -0.2) is 0 Å². The van der Waals surface area contributed by atoms with Crippen LogP contribution in [0.2, 0.25) is 0 Å². The summed E-state index contributed by atoms with van der Waals surface area (Å²) >= 11 is 3.35. The van der Waals surface area contributed by atoms with Gasteiger partial charge in [0.05, 0.1) is 23.7 Å². The van der Waals surface area contributed by atoms with E-state index in [-0.39, 0.29) is 11.4 Å². The molecule has 2 aromatic carbocycles. The van der Waals surface area contributed by atoms with Crippen LogP contribution in [0.25, 0.3) is 11.6 Å². The topological polar surface area (TPSA) is 96.4 Å². The van der Waals surface area contributed by atoms with Crippen LogP contribution < -0.4 is 4.74 Å². The summed E-state index contributed by atoms with van der Waals surface area (Å²) < 4.78 is 5.64. The van der Waals surface area contributed by atoms with Gasteiger partial charge in [-0.1, -0.05) is 15.9 Å². The molecule has 2 aromatic rings. The smallest absolute Gasteiger partial charge is 0.269 e. The van der Waals surface area contributed by atoms with E-state index in [9.17, 15) is 20.5 Å². The van der Waals surface area contributed by atoms with Crippen LogP contribution >= 0.6 is 15.9 Å².